The molecule has 0 bridgehead atoms. The van der Waals surface area contributed by atoms with Crippen molar-refractivity contribution in [1.29, 1.82) is 0 Å². The number of halogens is 1. The van der Waals surface area contributed by atoms with Crippen LogP contribution in [-0.4, -0.2) is 55.8 Å². The molecule has 1 aliphatic rings. The maximum absolute atomic E-state index is 11.6. The molecule has 0 unspecified atom stereocenters. The van der Waals surface area contributed by atoms with Crippen LogP contribution < -0.4 is 11.1 Å². The standard InChI is InChI=1S/C20H27ClN4O2/c1-24(13-18(27)25(2)14-26)11-5-3-4-6-16-9-10-17(20(22)19(16)21)23-12-15-7-8-15/h9-10,14-15,23H,3,5,7-8,11-13,22H2,1-2H3. The van der Waals surface area contributed by atoms with Gasteiger partial charge in [0.15, 0.2) is 0 Å². The first-order valence-electron chi connectivity index (χ1n) is 9.12. The van der Waals surface area contributed by atoms with E-state index >= 15 is 0 Å². The van der Waals surface area contributed by atoms with Gasteiger partial charge in [0, 0.05) is 25.6 Å². The number of benzene rings is 1. The number of carbonyl (C=O) groups excluding carboxylic acids is 2. The summed E-state index contributed by atoms with van der Waals surface area (Å²) in [6.07, 6.45) is 4.57. The molecule has 7 heteroatoms. The molecule has 3 N–H and O–H groups in total. The summed E-state index contributed by atoms with van der Waals surface area (Å²) in [7, 11) is 3.30. The molecule has 1 aromatic carbocycles. The predicted octanol–water partition coefficient (Wildman–Crippen LogP) is 2.42. The molecule has 1 fully saturated rings. The molecule has 2 amide bonds. The van der Waals surface area contributed by atoms with Crippen LogP contribution >= 0.6 is 11.6 Å². The summed E-state index contributed by atoms with van der Waals surface area (Å²) in [6.45, 7) is 1.86. The van der Waals surface area contributed by atoms with Crippen molar-refractivity contribution in [3.8, 4) is 11.8 Å². The first-order valence-corrected chi connectivity index (χ1v) is 9.50. The van der Waals surface area contributed by atoms with E-state index in [-0.39, 0.29) is 12.5 Å². The highest BCUT2D eigenvalue weighted by Crippen LogP contribution is 2.33. The lowest BCUT2D eigenvalue weighted by Crippen LogP contribution is -2.36. The summed E-state index contributed by atoms with van der Waals surface area (Å²) in [5.74, 6) is 6.71. The highest BCUT2D eigenvalue weighted by molar-refractivity contribution is 6.35. The van der Waals surface area contributed by atoms with Gasteiger partial charge in [0.25, 0.3) is 0 Å². The van der Waals surface area contributed by atoms with E-state index in [0.717, 1.165) is 35.0 Å². The van der Waals surface area contributed by atoms with Crippen molar-refractivity contribution in [2.45, 2.75) is 25.7 Å². The molecule has 0 atom stereocenters. The average Bonchev–Trinajstić information content (AvgIpc) is 3.47. The summed E-state index contributed by atoms with van der Waals surface area (Å²) in [6, 6.07) is 3.82. The molecule has 2 rings (SSSR count). The number of imide groups is 1. The molecule has 0 aromatic heterocycles. The fraction of sp³-hybridized carbons (Fsp3) is 0.500. The molecule has 0 radical (unpaired) electrons. The summed E-state index contributed by atoms with van der Waals surface area (Å²) in [4.78, 5) is 25.1. The van der Waals surface area contributed by atoms with Crippen molar-refractivity contribution in [3.63, 3.8) is 0 Å². The van der Waals surface area contributed by atoms with E-state index in [0.29, 0.717) is 30.1 Å². The van der Waals surface area contributed by atoms with Gasteiger partial charge in [-0.25, -0.2) is 0 Å². The minimum absolute atomic E-state index is 0.209. The van der Waals surface area contributed by atoms with Crippen LogP contribution in [0.3, 0.4) is 0 Å². The Bertz CT molecular complexity index is 737. The fourth-order valence-corrected chi connectivity index (χ4v) is 2.71. The van der Waals surface area contributed by atoms with Crippen LogP contribution in [0, 0.1) is 17.8 Å². The third-order valence-corrected chi connectivity index (χ3v) is 4.89. The van der Waals surface area contributed by atoms with Gasteiger partial charge in [-0.15, -0.1) is 0 Å². The Morgan fingerprint density at radius 1 is 1.41 bits per heavy atom. The molecular formula is C20H27ClN4O2. The average molecular weight is 391 g/mol. The summed E-state index contributed by atoms with van der Waals surface area (Å²) in [5, 5.41) is 3.83. The van der Waals surface area contributed by atoms with Gasteiger partial charge in [-0.2, -0.15) is 0 Å². The van der Waals surface area contributed by atoms with E-state index in [2.05, 4.69) is 17.2 Å². The minimum Gasteiger partial charge on any atom is -0.396 e. The maximum atomic E-state index is 11.6. The van der Waals surface area contributed by atoms with Crippen molar-refractivity contribution >= 4 is 35.3 Å². The SMILES string of the molecule is CN(CCCC#Cc1ccc(NCC2CC2)c(N)c1Cl)CC(=O)N(C)C=O. The summed E-state index contributed by atoms with van der Waals surface area (Å²) in [5.41, 5.74) is 8.25. The number of nitrogens with zero attached hydrogens (tertiary/aromatic N) is 2. The molecule has 0 heterocycles. The van der Waals surface area contributed by atoms with Gasteiger partial charge in [0.1, 0.15) is 0 Å². The number of rotatable bonds is 9. The molecule has 27 heavy (non-hydrogen) atoms. The molecule has 6 nitrogen and oxygen atoms in total. The molecule has 1 saturated carbocycles. The van der Waals surface area contributed by atoms with Crippen molar-refractivity contribution < 1.29 is 9.59 Å². The van der Waals surface area contributed by atoms with Crippen molar-refractivity contribution in [3.05, 3.63) is 22.7 Å². The summed E-state index contributed by atoms with van der Waals surface area (Å²) >= 11 is 6.35. The smallest absolute Gasteiger partial charge is 0.242 e. The predicted molar refractivity (Wildman–Crippen MR) is 110 cm³/mol. The number of likely N-dealkylation sites (N-methyl/N-ethyl adjacent to an activating group) is 2. The number of unbranched alkanes of at least 4 members (excludes halogenated alkanes) is 1. The van der Waals surface area contributed by atoms with Crippen LogP contribution in [-0.2, 0) is 9.59 Å². The number of nitrogens with one attached hydrogen (secondary N) is 1. The van der Waals surface area contributed by atoms with Crippen LogP contribution in [0.15, 0.2) is 12.1 Å². The van der Waals surface area contributed by atoms with Crippen LogP contribution in [0.25, 0.3) is 0 Å². The van der Waals surface area contributed by atoms with Gasteiger partial charge in [-0.3, -0.25) is 19.4 Å². The number of nitrogens with two attached hydrogens (primary N) is 1. The number of hydrogen-bond acceptors (Lipinski definition) is 5. The van der Waals surface area contributed by atoms with Gasteiger partial charge < -0.3 is 11.1 Å². The van der Waals surface area contributed by atoms with Crippen molar-refractivity contribution in [1.82, 2.24) is 9.80 Å². The second kappa shape index (κ2) is 10.2. The lowest BCUT2D eigenvalue weighted by molar-refractivity contribution is -0.137. The van der Waals surface area contributed by atoms with Crippen molar-refractivity contribution in [2.24, 2.45) is 5.92 Å². The largest absolute Gasteiger partial charge is 0.396 e. The van der Waals surface area contributed by atoms with E-state index in [9.17, 15) is 9.59 Å². The van der Waals surface area contributed by atoms with Gasteiger partial charge in [-0.1, -0.05) is 23.4 Å². The van der Waals surface area contributed by atoms with Gasteiger partial charge in [0.05, 0.1) is 22.9 Å². The third kappa shape index (κ3) is 6.78. The molecule has 1 aromatic rings. The van der Waals surface area contributed by atoms with Gasteiger partial charge in [0.2, 0.25) is 12.3 Å². The Morgan fingerprint density at radius 3 is 2.81 bits per heavy atom. The van der Waals surface area contributed by atoms with Gasteiger partial charge >= 0.3 is 0 Å². The minimum atomic E-state index is -0.226. The molecule has 146 valence electrons. The Morgan fingerprint density at radius 2 is 2.15 bits per heavy atom. The number of amides is 2. The van der Waals surface area contributed by atoms with Crippen LogP contribution in [0.2, 0.25) is 5.02 Å². The maximum Gasteiger partial charge on any atom is 0.242 e. The van der Waals surface area contributed by atoms with Crippen molar-refractivity contribution in [2.75, 3.05) is 44.8 Å². The fourth-order valence-electron chi connectivity index (χ4n) is 2.50. The zero-order chi connectivity index (χ0) is 19.8. The highest BCUT2D eigenvalue weighted by Gasteiger charge is 2.21. The van der Waals surface area contributed by atoms with E-state index in [1.54, 1.807) is 0 Å². The molecule has 1 aliphatic carbocycles. The zero-order valence-corrected chi connectivity index (χ0v) is 16.7. The normalized spacial score (nSPS) is 13.0. The van der Waals surface area contributed by atoms with Gasteiger partial charge in [-0.05, 0) is 50.9 Å². The Kier molecular flexibility index (Phi) is 7.96. The van der Waals surface area contributed by atoms with Crippen LogP contribution in [0.1, 0.15) is 31.2 Å². The van der Waals surface area contributed by atoms with E-state index in [1.165, 1.54) is 19.9 Å². The number of anilines is 2. The van der Waals surface area contributed by atoms with Crippen LogP contribution in [0.4, 0.5) is 11.4 Å². The number of carbonyl (C=O) groups is 2. The van der Waals surface area contributed by atoms with Crippen LogP contribution in [0.5, 0.6) is 0 Å². The second-order valence-corrected chi connectivity index (χ2v) is 7.34. The monoisotopic (exact) mass is 390 g/mol. The van der Waals surface area contributed by atoms with E-state index in [1.807, 2.05) is 24.1 Å². The quantitative estimate of drug-likeness (QED) is 0.293. The Hall–Kier alpha value is -2.23. The zero-order valence-electron chi connectivity index (χ0n) is 15.9. The Labute approximate surface area is 166 Å². The molecular weight excluding hydrogens is 364 g/mol. The Balaban J connectivity index is 1.78. The highest BCUT2D eigenvalue weighted by atomic mass is 35.5. The van der Waals surface area contributed by atoms with E-state index < -0.39 is 0 Å². The first-order chi connectivity index (χ1) is 12.9. The van der Waals surface area contributed by atoms with E-state index in [4.69, 9.17) is 17.3 Å². The topological polar surface area (TPSA) is 78.7 Å². The second-order valence-electron chi connectivity index (χ2n) is 6.97. The molecule has 0 spiro atoms. The number of nitrogen functional groups attached to an aromatic ring is 1. The first kappa shape index (κ1) is 21.1. The molecule has 0 aliphatic heterocycles. The number of hydrogen-bond donors (Lipinski definition) is 2. The lowest BCUT2D eigenvalue weighted by Gasteiger charge is -2.17. The molecule has 0 saturated heterocycles. The lowest BCUT2D eigenvalue weighted by atomic mass is 10.1. The summed E-state index contributed by atoms with van der Waals surface area (Å²) < 4.78 is 0. The third-order valence-electron chi connectivity index (χ3n) is 4.48.